The quantitative estimate of drug-likeness (QED) is 0.620. The van der Waals surface area contributed by atoms with Crippen LogP contribution in [-0.2, 0) is 5.41 Å². The molecule has 22 heavy (non-hydrogen) atoms. The number of rotatable bonds is 0. The van der Waals surface area contributed by atoms with Crippen molar-refractivity contribution >= 4 is 28.5 Å². The van der Waals surface area contributed by atoms with Crippen LogP contribution in [-0.4, -0.2) is 11.2 Å². The number of anilines is 1. The average molecular weight is 289 g/mol. The van der Waals surface area contributed by atoms with E-state index in [-0.39, 0.29) is 5.41 Å². The maximum Gasteiger partial charge on any atom is 0.0701 e. The summed E-state index contributed by atoms with van der Waals surface area (Å²) in [5.41, 5.74) is 9.83. The van der Waals surface area contributed by atoms with Gasteiger partial charge in [-0.3, -0.25) is 9.98 Å². The Bertz CT molecular complexity index is 769. The van der Waals surface area contributed by atoms with E-state index in [1.54, 1.807) is 0 Å². The van der Waals surface area contributed by atoms with E-state index in [2.05, 4.69) is 42.0 Å². The molecule has 2 heterocycles. The van der Waals surface area contributed by atoms with E-state index >= 15 is 0 Å². The molecule has 4 rings (SSSR count). The lowest BCUT2D eigenvalue weighted by molar-refractivity contribution is 0.753. The van der Waals surface area contributed by atoms with Gasteiger partial charge in [-0.2, -0.15) is 0 Å². The monoisotopic (exact) mass is 289 g/mol. The third-order valence-corrected chi connectivity index (χ3v) is 3.75. The average Bonchev–Trinajstić information content (AvgIpc) is 2.83. The molecule has 3 nitrogen and oxygen atoms in total. The van der Waals surface area contributed by atoms with E-state index in [0.29, 0.717) is 0 Å². The zero-order chi connectivity index (χ0) is 15.6. The highest BCUT2D eigenvalue weighted by Crippen LogP contribution is 2.37. The third-order valence-electron chi connectivity index (χ3n) is 3.75. The number of pyridine rings is 1. The zero-order valence-corrected chi connectivity index (χ0v) is 12.8. The Morgan fingerprint density at radius 2 is 1.73 bits per heavy atom. The fourth-order valence-corrected chi connectivity index (χ4v) is 2.52. The van der Waals surface area contributed by atoms with Crippen LogP contribution in [0.15, 0.2) is 65.8 Å². The van der Waals surface area contributed by atoms with Crippen LogP contribution in [0.2, 0.25) is 0 Å². The van der Waals surface area contributed by atoms with Gasteiger partial charge in [0.25, 0.3) is 0 Å². The molecule has 0 saturated carbocycles. The summed E-state index contributed by atoms with van der Waals surface area (Å²) in [6, 6.07) is 18.0. The van der Waals surface area contributed by atoms with E-state index in [0.717, 1.165) is 16.9 Å². The highest BCUT2D eigenvalue weighted by Gasteiger charge is 2.25. The van der Waals surface area contributed by atoms with Crippen LogP contribution in [0.4, 0.5) is 11.4 Å². The maximum atomic E-state index is 5.65. The molecule has 0 atom stereocenters. The number of nitrogen functional groups attached to an aromatic ring is 1. The molecular formula is C19H19N3. The molecule has 1 aliphatic rings. The predicted molar refractivity (Wildman–Crippen MR) is 93.8 cm³/mol. The summed E-state index contributed by atoms with van der Waals surface area (Å²) >= 11 is 0. The number of fused-ring (bicyclic) bond motifs is 2. The Balaban J connectivity index is 0.000000133. The zero-order valence-electron chi connectivity index (χ0n) is 12.8. The molecule has 3 aromatic rings. The molecule has 1 aromatic heterocycles. The van der Waals surface area contributed by atoms with Crippen molar-refractivity contribution in [3.8, 4) is 0 Å². The van der Waals surface area contributed by atoms with Crippen LogP contribution >= 0.6 is 0 Å². The van der Waals surface area contributed by atoms with Crippen LogP contribution in [0.3, 0.4) is 0 Å². The Hall–Kier alpha value is -2.68. The summed E-state index contributed by atoms with van der Waals surface area (Å²) in [6.07, 6.45) is 3.78. The van der Waals surface area contributed by atoms with Crippen molar-refractivity contribution in [2.24, 2.45) is 4.99 Å². The molecule has 0 radical (unpaired) electrons. The molecule has 0 amide bonds. The van der Waals surface area contributed by atoms with Crippen LogP contribution in [0.5, 0.6) is 0 Å². The number of nitrogens with zero attached hydrogens (tertiary/aromatic N) is 2. The van der Waals surface area contributed by atoms with Crippen molar-refractivity contribution in [2.75, 3.05) is 5.73 Å². The maximum absolute atomic E-state index is 5.65. The van der Waals surface area contributed by atoms with Crippen LogP contribution < -0.4 is 5.73 Å². The van der Waals surface area contributed by atoms with Crippen LogP contribution in [0.25, 0.3) is 10.9 Å². The fraction of sp³-hybridized carbons (Fsp3) is 0.158. The first-order valence-corrected chi connectivity index (χ1v) is 7.31. The largest absolute Gasteiger partial charge is 0.399 e. The second kappa shape index (κ2) is 5.60. The molecule has 3 heteroatoms. The first-order valence-electron chi connectivity index (χ1n) is 7.31. The number of hydrogen-bond donors (Lipinski definition) is 1. The van der Waals surface area contributed by atoms with Crippen molar-refractivity contribution in [3.05, 3.63) is 66.4 Å². The first kappa shape index (κ1) is 14.3. The van der Waals surface area contributed by atoms with E-state index in [1.165, 1.54) is 10.9 Å². The van der Waals surface area contributed by atoms with E-state index < -0.39 is 0 Å². The predicted octanol–water partition coefficient (Wildman–Crippen LogP) is 4.50. The number of hydrogen-bond acceptors (Lipinski definition) is 3. The van der Waals surface area contributed by atoms with Crippen molar-refractivity contribution in [3.63, 3.8) is 0 Å². The van der Waals surface area contributed by atoms with Gasteiger partial charge in [0, 0.05) is 28.9 Å². The number of nitrogens with two attached hydrogens (primary N) is 1. The topological polar surface area (TPSA) is 51.3 Å². The number of para-hydroxylation sites is 1. The standard InChI is InChI=1S/C10H12N2.C9H7N/c1-10(2)6-12-9-5-7(11)3-4-8(9)10;1-2-6-9-8(4-1)5-3-7-10-9/h3-6H,11H2,1-2H3;1-7H. The van der Waals surface area contributed by atoms with Gasteiger partial charge in [0.2, 0.25) is 0 Å². The molecule has 0 aliphatic carbocycles. The first-order chi connectivity index (χ1) is 10.6. The molecule has 0 bridgehead atoms. The fourth-order valence-electron chi connectivity index (χ4n) is 2.52. The lowest BCUT2D eigenvalue weighted by Gasteiger charge is -2.15. The van der Waals surface area contributed by atoms with Gasteiger partial charge in [-0.1, -0.05) is 44.2 Å². The van der Waals surface area contributed by atoms with Gasteiger partial charge in [0.15, 0.2) is 0 Å². The molecule has 2 N–H and O–H groups in total. The molecule has 0 saturated heterocycles. The Morgan fingerprint density at radius 3 is 2.55 bits per heavy atom. The van der Waals surface area contributed by atoms with E-state index in [4.69, 9.17) is 5.73 Å². The molecule has 0 unspecified atom stereocenters. The van der Waals surface area contributed by atoms with Crippen LogP contribution in [0.1, 0.15) is 19.4 Å². The molecule has 0 fully saturated rings. The lowest BCUT2D eigenvalue weighted by atomic mass is 9.87. The van der Waals surface area contributed by atoms with Crippen molar-refractivity contribution in [2.45, 2.75) is 19.3 Å². The van der Waals surface area contributed by atoms with Crippen molar-refractivity contribution in [1.29, 1.82) is 0 Å². The summed E-state index contributed by atoms with van der Waals surface area (Å²) in [4.78, 5) is 8.49. The molecule has 0 spiro atoms. The second-order valence-electron chi connectivity index (χ2n) is 5.95. The highest BCUT2D eigenvalue weighted by atomic mass is 14.8. The van der Waals surface area contributed by atoms with Gasteiger partial charge < -0.3 is 5.73 Å². The van der Waals surface area contributed by atoms with Gasteiger partial charge in [-0.05, 0) is 29.8 Å². The van der Waals surface area contributed by atoms with E-state index in [1.807, 2.05) is 48.8 Å². The van der Waals surface area contributed by atoms with Gasteiger partial charge >= 0.3 is 0 Å². The summed E-state index contributed by atoms with van der Waals surface area (Å²) < 4.78 is 0. The third kappa shape index (κ3) is 2.84. The highest BCUT2D eigenvalue weighted by molar-refractivity contribution is 5.85. The Labute approximate surface area is 130 Å². The van der Waals surface area contributed by atoms with Gasteiger partial charge in [-0.25, -0.2) is 0 Å². The summed E-state index contributed by atoms with van der Waals surface area (Å²) in [6.45, 7) is 4.30. The smallest absolute Gasteiger partial charge is 0.0701 e. The summed E-state index contributed by atoms with van der Waals surface area (Å²) in [5.74, 6) is 0. The number of aliphatic imine (C=N–C) groups is 1. The molecular weight excluding hydrogens is 270 g/mol. The van der Waals surface area contributed by atoms with E-state index in [9.17, 15) is 0 Å². The minimum Gasteiger partial charge on any atom is -0.399 e. The Morgan fingerprint density at radius 1 is 0.955 bits per heavy atom. The van der Waals surface area contributed by atoms with Gasteiger partial charge in [0.1, 0.15) is 0 Å². The lowest BCUT2D eigenvalue weighted by Crippen LogP contribution is -2.14. The normalized spacial score (nSPS) is 14.3. The SMILES string of the molecule is CC1(C)C=Nc2cc(N)ccc21.c1ccc2ncccc2c1. The summed E-state index contributed by atoms with van der Waals surface area (Å²) in [5, 5.41) is 1.20. The van der Waals surface area contributed by atoms with Crippen molar-refractivity contribution in [1.82, 2.24) is 4.98 Å². The number of benzene rings is 2. The van der Waals surface area contributed by atoms with Crippen LogP contribution in [0, 0.1) is 0 Å². The number of aromatic nitrogens is 1. The molecule has 110 valence electrons. The minimum absolute atomic E-state index is 0.0725. The van der Waals surface area contributed by atoms with Crippen molar-refractivity contribution < 1.29 is 0 Å². The molecule has 2 aromatic carbocycles. The Kier molecular flexibility index (Phi) is 3.63. The molecule has 1 aliphatic heterocycles. The van der Waals surface area contributed by atoms with Gasteiger partial charge in [0.05, 0.1) is 11.2 Å². The summed E-state index contributed by atoms with van der Waals surface area (Å²) in [7, 11) is 0. The second-order valence-corrected chi connectivity index (χ2v) is 5.95. The minimum atomic E-state index is 0.0725. The van der Waals surface area contributed by atoms with Gasteiger partial charge in [-0.15, -0.1) is 0 Å².